The average molecular weight is 350 g/mol. The Hall–Kier alpha value is -0.800. The van der Waals surface area contributed by atoms with Crippen molar-refractivity contribution in [3.05, 3.63) is 34.5 Å². The van der Waals surface area contributed by atoms with Gasteiger partial charge in [0.2, 0.25) is 0 Å². The zero-order valence-electron chi connectivity index (χ0n) is 12.9. The molecule has 0 bridgehead atoms. The fourth-order valence-electron chi connectivity index (χ4n) is 3.42. The van der Waals surface area contributed by atoms with Crippen LogP contribution in [-0.2, 0) is 0 Å². The average Bonchev–Trinajstić information content (AvgIpc) is 2.91. The van der Waals surface area contributed by atoms with E-state index < -0.39 is 0 Å². The first-order chi connectivity index (χ1) is 10.2. The van der Waals surface area contributed by atoms with E-state index in [4.69, 9.17) is 4.42 Å². The van der Waals surface area contributed by atoms with Crippen LogP contribution in [0.3, 0.4) is 0 Å². The summed E-state index contributed by atoms with van der Waals surface area (Å²) in [6.45, 7) is 4.52. The molecular weight excluding hydrogens is 326 g/mol. The molecule has 1 heterocycles. The third kappa shape index (κ3) is 3.51. The highest BCUT2D eigenvalue weighted by Crippen LogP contribution is 2.30. The molecular formula is C18H24BrNO. The van der Waals surface area contributed by atoms with Crippen LogP contribution < -0.4 is 5.32 Å². The quantitative estimate of drug-likeness (QED) is 0.752. The normalized spacial score (nSPS) is 24.3. The van der Waals surface area contributed by atoms with Crippen LogP contribution in [0.25, 0.3) is 11.0 Å². The van der Waals surface area contributed by atoms with Gasteiger partial charge in [0.15, 0.2) is 0 Å². The minimum atomic E-state index is 0.277. The van der Waals surface area contributed by atoms with Gasteiger partial charge >= 0.3 is 0 Å². The van der Waals surface area contributed by atoms with Crippen LogP contribution in [0.5, 0.6) is 0 Å². The lowest BCUT2D eigenvalue weighted by atomic mass is 9.84. The van der Waals surface area contributed by atoms with E-state index in [1.807, 2.05) is 12.1 Å². The molecule has 1 N–H and O–H groups in total. The summed E-state index contributed by atoms with van der Waals surface area (Å²) in [6.07, 6.45) is 6.67. The van der Waals surface area contributed by atoms with Crippen molar-refractivity contribution in [2.45, 2.75) is 58.0 Å². The number of rotatable bonds is 4. The van der Waals surface area contributed by atoms with Crippen molar-refractivity contribution in [1.29, 1.82) is 0 Å². The van der Waals surface area contributed by atoms with Crippen molar-refractivity contribution in [3.63, 3.8) is 0 Å². The molecule has 0 saturated heterocycles. The lowest BCUT2D eigenvalue weighted by Crippen LogP contribution is -2.34. The Morgan fingerprint density at radius 1 is 1.24 bits per heavy atom. The fourth-order valence-corrected chi connectivity index (χ4v) is 3.80. The standard InChI is InChI=1S/C18H24BrNO/c1-3-13-4-7-16(8-5-13)20-12(2)18-11-14-10-15(19)6-9-17(14)21-18/h6,9-13,16,20H,3-5,7-8H2,1-2H3. The third-order valence-corrected chi connectivity index (χ3v) is 5.33. The Bertz CT molecular complexity index is 598. The van der Waals surface area contributed by atoms with Gasteiger partial charge in [-0.1, -0.05) is 29.3 Å². The second kappa shape index (κ2) is 6.53. The van der Waals surface area contributed by atoms with E-state index >= 15 is 0 Å². The molecule has 1 aromatic heterocycles. The SMILES string of the molecule is CCC1CCC(NC(C)c2cc3cc(Br)ccc3o2)CC1. The molecule has 1 aromatic carbocycles. The smallest absolute Gasteiger partial charge is 0.134 e. The van der Waals surface area contributed by atoms with Gasteiger partial charge in [-0.3, -0.25) is 0 Å². The Morgan fingerprint density at radius 2 is 2.00 bits per heavy atom. The van der Waals surface area contributed by atoms with Crippen LogP contribution in [0.1, 0.15) is 57.8 Å². The number of halogens is 1. The number of nitrogens with one attached hydrogen (secondary N) is 1. The molecule has 3 heteroatoms. The molecule has 1 saturated carbocycles. The number of furan rings is 1. The first-order valence-corrected chi connectivity index (χ1v) is 8.90. The molecule has 0 radical (unpaired) electrons. The third-order valence-electron chi connectivity index (χ3n) is 4.83. The summed E-state index contributed by atoms with van der Waals surface area (Å²) < 4.78 is 7.08. The van der Waals surface area contributed by atoms with Crippen molar-refractivity contribution >= 4 is 26.9 Å². The monoisotopic (exact) mass is 349 g/mol. The molecule has 0 aliphatic heterocycles. The van der Waals surface area contributed by atoms with E-state index in [0.717, 1.165) is 21.7 Å². The van der Waals surface area contributed by atoms with Crippen molar-refractivity contribution in [2.24, 2.45) is 5.92 Å². The topological polar surface area (TPSA) is 25.2 Å². The van der Waals surface area contributed by atoms with Crippen LogP contribution in [0.2, 0.25) is 0 Å². The maximum atomic E-state index is 5.99. The first kappa shape index (κ1) is 15.1. The highest BCUT2D eigenvalue weighted by atomic mass is 79.9. The van der Waals surface area contributed by atoms with Crippen LogP contribution >= 0.6 is 15.9 Å². The minimum Gasteiger partial charge on any atom is -0.459 e. The number of hydrogen-bond donors (Lipinski definition) is 1. The van der Waals surface area contributed by atoms with Gasteiger partial charge in [-0.05, 0) is 62.8 Å². The highest BCUT2D eigenvalue weighted by molar-refractivity contribution is 9.10. The van der Waals surface area contributed by atoms with Crippen LogP contribution in [0, 0.1) is 5.92 Å². The Labute approximate surface area is 135 Å². The second-order valence-electron chi connectivity index (χ2n) is 6.35. The number of fused-ring (bicyclic) bond motifs is 1. The molecule has 21 heavy (non-hydrogen) atoms. The van der Waals surface area contributed by atoms with Gasteiger partial charge in [0, 0.05) is 15.9 Å². The largest absolute Gasteiger partial charge is 0.459 e. The van der Waals surface area contributed by atoms with E-state index in [9.17, 15) is 0 Å². The summed E-state index contributed by atoms with van der Waals surface area (Å²) in [5.41, 5.74) is 0.969. The highest BCUT2D eigenvalue weighted by Gasteiger charge is 2.22. The van der Waals surface area contributed by atoms with Gasteiger partial charge in [-0.15, -0.1) is 0 Å². The maximum Gasteiger partial charge on any atom is 0.134 e. The summed E-state index contributed by atoms with van der Waals surface area (Å²) >= 11 is 3.51. The van der Waals surface area contributed by atoms with Gasteiger partial charge in [0.25, 0.3) is 0 Å². The van der Waals surface area contributed by atoms with Crippen LogP contribution in [0.4, 0.5) is 0 Å². The molecule has 2 aromatic rings. The van der Waals surface area contributed by atoms with Gasteiger partial charge in [0.05, 0.1) is 6.04 Å². The van der Waals surface area contributed by atoms with Crippen molar-refractivity contribution in [3.8, 4) is 0 Å². The lowest BCUT2D eigenvalue weighted by molar-refractivity contribution is 0.265. The molecule has 1 unspecified atom stereocenters. The Morgan fingerprint density at radius 3 is 2.71 bits per heavy atom. The second-order valence-corrected chi connectivity index (χ2v) is 7.26. The van der Waals surface area contributed by atoms with Crippen molar-refractivity contribution in [2.75, 3.05) is 0 Å². The Balaban J connectivity index is 1.65. The summed E-state index contributed by atoms with van der Waals surface area (Å²) in [5, 5.41) is 4.92. The van der Waals surface area contributed by atoms with Gasteiger partial charge in [-0.25, -0.2) is 0 Å². The van der Waals surface area contributed by atoms with Crippen LogP contribution in [-0.4, -0.2) is 6.04 Å². The summed E-state index contributed by atoms with van der Waals surface area (Å²) in [5.74, 6) is 1.99. The minimum absolute atomic E-state index is 0.277. The maximum absolute atomic E-state index is 5.99. The molecule has 2 nitrogen and oxygen atoms in total. The van der Waals surface area contributed by atoms with E-state index in [1.54, 1.807) is 0 Å². The lowest BCUT2D eigenvalue weighted by Gasteiger charge is -2.30. The van der Waals surface area contributed by atoms with E-state index in [2.05, 4.69) is 47.2 Å². The molecule has 3 rings (SSSR count). The molecule has 1 atom stereocenters. The van der Waals surface area contributed by atoms with E-state index in [-0.39, 0.29) is 6.04 Å². The first-order valence-electron chi connectivity index (χ1n) is 8.10. The predicted octanol–water partition coefficient (Wildman–Crippen LogP) is 5.81. The molecule has 0 amide bonds. The summed E-state index contributed by atoms with van der Waals surface area (Å²) in [6, 6.07) is 9.25. The van der Waals surface area contributed by atoms with E-state index in [0.29, 0.717) is 6.04 Å². The molecule has 1 aliphatic carbocycles. The van der Waals surface area contributed by atoms with E-state index in [1.165, 1.54) is 37.5 Å². The molecule has 114 valence electrons. The predicted molar refractivity (Wildman–Crippen MR) is 91.5 cm³/mol. The van der Waals surface area contributed by atoms with Gasteiger partial charge in [0.1, 0.15) is 11.3 Å². The zero-order valence-corrected chi connectivity index (χ0v) is 14.4. The fraction of sp³-hybridized carbons (Fsp3) is 0.556. The molecule has 0 spiro atoms. The summed E-state index contributed by atoms with van der Waals surface area (Å²) in [4.78, 5) is 0. The number of benzene rings is 1. The Kier molecular flexibility index (Phi) is 4.70. The molecule has 1 fully saturated rings. The van der Waals surface area contributed by atoms with Gasteiger partial charge < -0.3 is 9.73 Å². The van der Waals surface area contributed by atoms with Crippen molar-refractivity contribution < 1.29 is 4.42 Å². The van der Waals surface area contributed by atoms with Gasteiger partial charge in [-0.2, -0.15) is 0 Å². The van der Waals surface area contributed by atoms with Crippen molar-refractivity contribution in [1.82, 2.24) is 5.32 Å². The zero-order chi connectivity index (χ0) is 14.8. The van der Waals surface area contributed by atoms with Crippen LogP contribution in [0.15, 0.2) is 33.2 Å². The molecule has 1 aliphatic rings. The number of hydrogen-bond acceptors (Lipinski definition) is 2. The summed E-state index contributed by atoms with van der Waals surface area (Å²) in [7, 11) is 0.